The first-order valence-corrected chi connectivity index (χ1v) is 7.21. The molecule has 104 valence electrons. The molecule has 1 N–H and O–H groups in total. The number of nitrogens with zero attached hydrogens (tertiary/aromatic N) is 2. The van der Waals surface area contributed by atoms with E-state index >= 15 is 0 Å². The molecule has 0 aliphatic heterocycles. The van der Waals surface area contributed by atoms with Gasteiger partial charge >= 0.3 is 0 Å². The Balaban J connectivity index is 1.87. The molecular formula is C16H19N3O. The van der Waals surface area contributed by atoms with Crippen LogP contribution in [0.3, 0.4) is 0 Å². The van der Waals surface area contributed by atoms with Crippen molar-refractivity contribution in [1.29, 1.82) is 5.26 Å². The highest BCUT2D eigenvalue weighted by Crippen LogP contribution is 2.38. The minimum Gasteiger partial charge on any atom is -0.349 e. The molecule has 4 nitrogen and oxygen atoms in total. The maximum absolute atomic E-state index is 12.0. The summed E-state index contributed by atoms with van der Waals surface area (Å²) in [7, 11) is 0. The van der Waals surface area contributed by atoms with Crippen molar-refractivity contribution in [3.05, 3.63) is 28.6 Å². The summed E-state index contributed by atoms with van der Waals surface area (Å²) in [6.07, 6.45) is 6.24. The van der Waals surface area contributed by atoms with Crippen molar-refractivity contribution < 1.29 is 4.79 Å². The average Bonchev–Trinajstić information content (AvgIpc) is 3.29. The lowest BCUT2D eigenvalue weighted by Gasteiger charge is -2.07. The zero-order chi connectivity index (χ0) is 14.3. The third-order valence-electron chi connectivity index (χ3n) is 4.01. The van der Waals surface area contributed by atoms with Gasteiger partial charge in [-0.15, -0.1) is 0 Å². The molecule has 4 heteroatoms. The molecule has 1 heterocycles. The van der Waals surface area contributed by atoms with E-state index in [0.29, 0.717) is 6.04 Å². The monoisotopic (exact) mass is 269 g/mol. The first kappa shape index (κ1) is 13.0. The van der Waals surface area contributed by atoms with E-state index in [4.69, 9.17) is 0 Å². The van der Waals surface area contributed by atoms with Crippen molar-refractivity contribution in [3.63, 3.8) is 0 Å². The van der Waals surface area contributed by atoms with Gasteiger partial charge in [0.2, 0.25) is 0 Å². The molecule has 0 atom stereocenters. The summed E-state index contributed by atoms with van der Waals surface area (Å²) in [5.41, 5.74) is 3.54. The summed E-state index contributed by atoms with van der Waals surface area (Å²) in [4.78, 5) is 12.0. The Bertz CT molecular complexity index is 625. The van der Waals surface area contributed by atoms with E-state index in [1.54, 1.807) is 6.08 Å². The van der Waals surface area contributed by atoms with Gasteiger partial charge in [0, 0.05) is 23.5 Å². The van der Waals surface area contributed by atoms with Crippen molar-refractivity contribution in [2.45, 2.75) is 51.6 Å². The van der Waals surface area contributed by atoms with Gasteiger partial charge < -0.3 is 9.88 Å². The molecule has 3 rings (SSSR count). The number of carbonyl (C=O) groups is 1. The molecule has 2 saturated carbocycles. The number of carbonyl (C=O) groups excluding carboxylic acids is 1. The number of aromatic nitrogens is 1. The molecule has 20 heavy (non-hydrogen) atoms. The molecule has 0 aromatic carbocycles. The molecule has 0 spiro atoms. The summed E-state index contributed by atoms with van der Waals surface area (Å²) in [5, 5.41) is 12.1. The fourth-order valence-electron chi connectivity index (χ4n) is 2.64. The van der Waals surface area contributed by atoms with Gasteiger partial charge in [0.15, 0.2) is 0 Å². The first-order chi connectivity index (χ1) is 9.60. The summed E-state index contributed by atoms with van der Waals surface area (Å²) >= 11 is 0. The van der Waals surface area contributed by atoms with Gasteiger partial charge in [-0.1, -0.05) is 0 Å². The molecule has 2 aliphatic rings. The molecule has 0 saturated heterocycles. The van der Waals surface area contributed by atoms with E-state index in [1.165, 1.54) is 18.5 Å². The van der Waals surface area contributed by atoms with Gasteiger partial charge in [0.1, 0.15) is 11.6 Å². The lowest BCUT2D eigenvalue weighted by molar-refractivity contribution is -0.117. The number of hydrogen-bond acceptors (Lipinski definition) is 2. The van der Waals surface area contributed by atoms with Crippen LogP contribution in [0.1, 0.15) is 48.7 Å². The number of amides is 1. The molecule has 0 radical (unpaired) electrons. The number of aryl methyl sites for hydroxylation is 1. The van der Waals surface area contributed by atoms with Crippen LogP contribution in [-0.4, -0.2) is 16.5 Å². The van der Waals surface area contributed by atoms with Crippen molar-refractivity contribution in [1.82, 2.24) is 9.88 Å². The van der Waals surface area contributed by atoms with E-state index < -0.39 is 0 Å². The Labute approximate surface area is 119 Å². The predicted octanol–water partition coefficient (Wildman–Crippen LogP) is 2.63. The molecular weight excluding hydrogens is 250 g/mol. The minimum absolute atomic E-state index is 0.202. The summed E-state index contributed by atoms with van der Waals surface area (Å²) in [5.74, 6) is -0.244. The van der Waals surface area contributed by atoms with E-state index in [1.807, 2.05) is 6.07 Å². The second kappa shape index (κ2) is 4.82. The second-order valence-corrected chi connectivity index (χ2v) is 5.85. The summed E-state index contributed by atoms with van der Waals surface area (Å²) in [6.45, 7) is 4.14. The van der Waals surface area contributed by atoms with Crippen molar-refractivity contribution >= 4 is 12.0 Å². The quantitative estimate of drug-likeness (QED) is 0.674. The smallest absolute Gasteiger partial charge is 0.262 e. The van der Waals surface area contributed by atoms with Gasteiger partial charge in [-0.2, -0.15) is 5.26 Å². The Morgan fingerprint density at radius 3 is 2.65 bits per heavy atom. The van der Waals surface area contributed by atoms with E-state index in [-0.39, 0.29) is 17.5 Å². The number of nitrogens with one attached hydrogen (secondary N) is 1. The van der Waals surface area contributed by atoms with Crippen LogP contribution in [0, 0.1) is 25.2 Å². The third-order valence-corrected chi connectivity index (χ3v) is 4.01. The van der Waals surface area contributed by atoms with Crippen LogP contribution in [0.4, 0.5) is 0 Å². The van der Waals surface area contributed by atoms with Crippen LogP contribution in [0.25, 0.3) is 6.08 Å². The van der Waals surface area contributed by atoms with Crippen LogP contribution in [0.2, 0.25) is 0 Å². The standard InChI is InChI=1S/C16H19N3O/c1-10-7-12(11(2)19(10)15-5-6-15)8-13(9-17)16(20)18-14-3-4-14/h7-8,14-15H,3-6H2,1-2H3,(H,18,20)/b13-8+. The molecule has 0 bridgehead atoms. The number of rotatable bonds is 4. The fraction of sp³-hybridized carbons (Fsp3) is 0.500. The van der Waals surface area contributed by atoms with Gasteiger partial charge in [0.05, 0.1) is 0 Å². The summed E-state index contributed by atoms with van der Waals surface area (Å²) in [6, 6.07) is 4.98. The molecule has 0 unspecified atom stereocenters. The maximum atomic E-state index is 12.0. The van der Waals surface area contributed by atoms with Crippen molar-refractivity contribution in [2.24, 2.45) is 0 Å². The van der Waals surface area contributed by atoms with Gasteiger partial charge in [0.25, 0.3) is 5.91 Å². The molecule has 1 aromatic rings. The molecule has 1 amide bonds. The van der Waals surface area contributed by atoms with Crippen molar-refractivity contribution in [3.8, 4) is 6.07 Å². The Kier molecular flexibility index (Phi) is 3.13. The van der Waals surface area contributed by atoms with Gasteiger partial charge in [-0.25, -0.2) is 0 Å². The van der Waals surface area contributed by atoms with Gasteiger partial charge in [-0.3, -0.25) is 4.79 Å². The molecule has 2 aliphatic carbocycles. The zero-order valence-corrected chi connectivity index (χ0v) is 11.9. The first-order valence-electron chi connectivity index (χ1n) is 7.21. The topological polar surface area (TPSA) is 57.8 Å². The van der Waals surface area contributed by atoms with Crippen LogP contribution in [0.5, 0.6) is 0 Å². The fourth-order valence-corrected chi connectivity index (χ4v) is 2.64. The Morgan fingerprint density at radius 2 is 2.10 bits per heavy atom. The normalized spacial score (nSPS) is 18.8. The minimum atomic E-state index is -0.244. The highest BCUT2D eigenvalue weighted by atomic mass is 16.1. The Hall–Kier alpha value is -2.02. The SMILES string of the molecule is Cc1cc(/C=C(\C#N)C(=O)NC2CC2)c(C)n1C1CC1. The van der Waals surface area contributed by atoms with E-state index in [9.17, 15) is 10.1 Å². The van der Waals surface area contributed by atoms with Crippen LogP contribution in [0.15, 0.2) is 11.6 Å². The third kappa shape index (κ3) is 2.49. The average molecular weight is 269 g/mol. The maximum Gasteiger partial charge on any atom is 0.262 e. The second-order valence-electron chi connectivity index (χ2n) is 5.85. The van der Waals surface area contributed by atoms with Crippen LogP contribution >= 0.6 is 0 Å². The molecule has 1 aromatic heterocycles. The highest BCUT2D eigenvalue weighted by Gasteiger charge is 2.27. The zero-order valence-electron chi connectivity index (χ0n) is 11.9. The largest absolute Gasteiger partial charge is 0.349 e. The lowest BCUT2D eigenvalue weighted by atomic mass is 10.1. The van der Waals surface area contributed by atoms with Crippen molar-refractivity contribution in [2.75, 3.05) is 0 Å². The van der Waals surface area contributed by atoms with E-state index in [2.05, 4.69) is 29.8 Å². The van der Waals surface area contributed by atoms with E-state index in [0.717, 1.165) is 24.1 Å². The van der Waals surface area contributed by atoms with Gasteiger partial charge in [-0.05, 0) is 57.2 Å². The number of nitriles is 1. The molecule has 2 fully saturated rings. The Morgan fingerprint density at radius 1 is 1.40 bits per heavy atom. The lowest BCUT2D eigenvalue weighted by Crippen LogP contribution is -2.26. The van der Waals surface area contributed by atoms with Crippen LogP contribution < -0.4 is 5.32 Å². The number of hydrogen-bond donors (Lipinski definition) is 1. The van der Waals surface area contributed by atoms with Crippen LogP contribution in [-0.2, 0) is 4.79 Å². The highest BCUT2D eigenvalue weighted by molar-refractivity contribution is 6.02. The summed E-state index contributed by atoms with van der Waals surface area (Å²) < 4.78 is 2.32. The predicted molar refractivity (Wildman–Crippen MR) is 76.9 cm³/mol.